The lowest BCUT2D eigenvalue weighted by molar-refractivity contribution is -0.121. The number of carbonyl (C=O) groups excluding carboxylic acids is 1. The van der Waals surface area contributed by atoms with E-state index >= 15 is 0 Å². The normalized spacial score (nSPS) is 18.0. The Hall–Kier alpha value is -2.15. The fraction of sp³-hybridized carbons (Fsp3) is 0.609. The summed E-state index contributed by atoms with van der Waals surface area (Å²) in [4.78, 5) is 11.9. The van der Waals surface area contributed by atoms with Gasteiger partial charge in [-0.3, -0.25) is 4.79 Å². The van der Waals surface area contributed by atoms with Gasteiger partial charge in [-0.2, -0.15) is 0 Å². The number of hydrogen-bond acceptors (Lipinski definition) is 3. The molecule has 0 bridgehead atoms. The Labute approximate surface area is 163 Å². The number of benzene rings is 1. The van der Waals surface area contributed by atoms with Crippen molar-refractivity contribution < 1.29 is 14.3 Å². The number of rotatable bonds is 6. The summed E-state index contributed by atoms with van der Waals surface area (Å²) < 4.78 is 11.7. The molecule has 0 radical (unpaired) electrons. The quantitative estimate of drug-likeness (QED) is 0.762. The number of amides is 1. The van der Waals surface area contributed by atoms with Gasteiger partial charge >= 0.3 is 0 Å². The zero-order valence-corrected chi connectivity index (χ0v) is 16.6. The Morgan fingerprint density at radius 2 is 2.07 bits per heavy atom. The third-order valence-corrected chi connectivity index (χ3v) is 5.36. The third-order valence-electron chi connectivity index (χ3n) is 5.36. The molecule has 1 N–H and O–H groups in total. The van der Waals surface area contributed by atoms with E-state index in [0.29, 0.717) is 13.0 Å². The lowest BCUT2D eigenvalue weighted by atomic mass is 9.86. The van der Waals surface area contributed by atoms with Gasteiger partial charge in [-0.1, -0.05) is 56.1 Å². The second-order valence-electron chi connectivity index (χ2n) is 8.24. The fourth-order valence-electron chi connectivity index (χ4n) is 3.97. The van der Waals surface area contributed by atoms with E-state index in [0.717, 1.165) is 30.3 Å². The van der Waals surface area contributed by atoms with Gasteiger partial charge in [0, 0.05) is 18.4 Å². The minimum absolute atomic E-state index is 0.104. The molecular weight excluding hydrogens is 338 g/mol. The maximum atomic E-state index is 11.9. The predicted octanol–water partition coefficient (Wildman–Crippen LogP) is 4.26. The second kappa shape index (κ2) is 9.17. The van der Waals surface area contributed by atoms with Gasteiger partial charge in [-0.25, -0.2) is 0 Å². The Kier molecular flexibility index (Phi) is 6.66. The molecule has 4 heteroatoms. The van der Waals surface area contributed by atoms with Gasteiger partial charge in [0.25, 0.3) is 0 Å². The smallest absolute Gasteiger partial charge is 0.220 e. The molecule has 1 saturated carbocycles. The van der Waals surface area contributed by atoms with Gasteiger partial charge in [-0.05, 0) is 32.3 Å². The summed E-state index contributed by atoms with van der Waals surface area (Å²) in [5.74, 6) is 8.34. The van der Waals surface area contributed by atoms with Crippen LogP contribution in [0.25, 0.3) is 0 Å². The van der Waals surface area contributed by atoms with Crippen LogP contribution in [-0.2, 0) is 11.2 Å². The largest absolute Gasteiger partial charge is 0.483 e. The molecule has 0 spiro atoms. The van der Waals surface area contributed by atoms with Crippen molar-refractivity contribution in [1.82, 2.24) is 5.32 Å². The van der Waals surface area contributed by atoms with E-state index < -0.39 is 0 Å². The summed E-state index contributed by atoms with van der Waals surface area (Å²) >= 11 is 0. The second-order valence-corrected chi connectivity index (χ2v) is 8.24. The summed E-state index contributed by atoms with van der Waals surface area (Å²) in [6.45, 7) is 4.82. The van der Waals surface area contributed by atoms with Crippen molar-refractivity contribution in [2.45, 2.75) is 70.8 Å². The average molecular weight is 370 g/mol. The highest BCUT2D eigenvalue weighted by Crippen LogP contribution is 2.41. The van der Waals surface area contributed by atoms with E-state index in [1.807, 2.05) is 12.1 Å². The van der Waals surface area contributed by atoms with E-state index in [2.05, 4.69) is 37.1 Å². The molecule has 1 aliphatic carbocycles. The van der Waals surface area contributed by atoms with Crippen LogP contribution in [0.4, 0.5) is 0 Å². The van der Waals surface area contributed by atoms with E-state index in [1.54, 1.807) is 0 Å². The first-order valence-electron chi connectivity index (χ1n) is 10.2. The van der Waals surface area contributed by atoms with Crippen LogP contribution in [0.2, 0.25) is 0 Å². The van der Waals surface area contributed by atoms with Gasteiger partial charge in [0.15, 0.2) is 11.5 Å². The van der Waals surface area contributed by atoms with Crippen molar-refractivity contribution in [3.63, 3.8) is 0 Å². The van der Waals surface area contributed by atoms with Gasteiger partial charge < -0.3 is 14.8 Å². The van der Waals surface area contributed by atoms with E-state index in [9.17, 15) is 4.79 Å². The Morgan fingerprint density at radius 1 is 1.26 bits per heavy atom. The molecule has 27 heavy (non-hydrogen) atoms. The Bertz CT molecular complexity index is 708. The van der Waals surface area contributed by atoms with Gasteiger partial charge in [-0.15, -0.1) is 0 Å². The fourth-order valence-corrected chi connectivity index (χ4v) is 3.97. The maximum Gasteiger partial charge on any atom is 0.220 e. The zero-order valence-electron chi connectivity index (χ0n) is 16.6. The van der Waals surface area contributed by atoms with Crippen LogP contribution in [0.15, 0.2) is 18.2 Å². The molecule has 146 valence electrons. The molecule has 0 saturated heterocycles. The molecular formula is C23H31NO3. The first-order valence-corrected chi connectivity index (χ1v) is 10.2. The van der Waals surface area contributed by atoms with E-state index in [-0.39, 0.29) is 18.1 Å². The van der Waals surface area contributed by atoms with E-state index in [1.165, 1.54) is 37.7 Å². The SMILES string of the molecule is CC1(C)Cc2cccc(OCC#CCNC(=O)CCC3CCCCC3)c2O1. The van der Waals surface area contributed by atoms with Crippen molar-refractivity contribution in [2.24, 2.45) is 5.92 Å². The first kappa shape index (κ1) is 19.6. The monoisotopic (exact) mass is 369 g/mol. The molecule has 1 aliphatic heterocycles. The van der Waals surface area contributed by atoms with Crippen LogP contribution in [0.1, 0.15) is 64.4 Å². The third kappa shape index (κ3) is 5.92. The van der Waals surface area contributed by atoms with Gasteiger partial charge in [0.1, 0.15) is 12.2 Å². The maximum absolute atomic E-state index is 11.9. The molecule has 0 atom stereocenters. The standard InChI is InChI=1S/C23H31NO3/c1-23(2)17-19-11-8-12-20(22(19)27-23)26-16-7-6-15-24-21(25)14-13-18-9-4-3-5-10-18/h8,11-12,18H,3-5,9-10,13-17H2,1-2H3,(H,24,25). The average Bonchev–Trinajstić information content (AvgIpc) is 2.98. The van der Waals surface area contributed by atoms with Crippen LogP contribution in [0.5, 0.6) is 11.5 Å². The van der Waals surface area contributed by atoms with Crippen molar-refractivity contribution in [3.05, 3.63) is 23.8 Å². The first-order chi connectivity index (χ1) is 13.0. The molecule has 2 aliphatic rings. The molecule has 1 aromatic rings. The number of para-hydroxylation sites is 1. The molecule has 1 aromatic carbocycles. The van der Waals surface area contributed by atoms with Crippen molar-refractivity contribution >= 4 is 5.91 Å². The number of nitrogens with one attached hydrogen (secondary N) is 1. The highest BCUT2D eigenvalue weighted by atomic mass is 16.5. The van der Waals surface area contributed by atoms with Crippen LogP contribution < -0.4 is 14.8 Å². The molecule has 0 unspecified atom stereocenters. The molecule has 0 aromatic heterocycles. The van der Waals surface area contributed by atoms with Crippen LogP contribution in [-0.4, -0.2) is 24.7 Å². The molecule has 1 amide bonds. The van der Waals surface area contributed by atoms with E-state index in [4.69, 9.17) is 9.47 Å². The lowest BCUT2D eigenvalue weighted by Gasteiger charge is -2.20. The van der Waals surface area contributed by atoms with Crippen LogP contribution >= 0.6 is 0 Å². The lowest BCUT2D eigenvalue weighted by Crippen LogP contribution is -2.24. The molecule has 1 fully saturated rings. The number of ether oxygens (including phenoxy) is 2. The van der Waals surface area contributed by atoms with Gasteiger partial charge in [0.2, 0.25) is 5.91 Å². The van der Waals surface area contributed by atoms with Gasteiger partial charge in [0.05, 0.1) is 6.54 Å². The Morgan fingerprint density at radius 3 is 2.89 bits per heavy atom. The predicted molar refractivity (Wildman–Crippen MR) is 107 cm³/mol. The van der Waals surface area contributed by atoms with Crippen LogP contribution in [0.3, 0.4) is 0 Å². The van der Waals surface area contributed by atoms with Crippen molar-refractivity contribution in [3.8, 4) is 23.3 Å². The summed E-state index contributed by atoms with van der Waals surface area (Å²) in [7, 11) is 0. The molecule has 4 nitrogen and oxygen atoms in total. The minimum atomic E-state index is -0.185. The molecule has 3 rings (SSSR count). The zero-order chi connectivity index (χ0) is 19.1. The molecule has 1 heterocycles. The summed E-state index contributed by atoms with van der Waals surface area (Å²) in [5.41, 5.74) is 0.991. The van der Waals surface area contributed by atoms with Crippen molar-refractivity contribution in [1.29, 1.82) is 0 Å². The summed E-state index contributed by atoms with van der Waals surface area (Å²) in [6, 6.07) is 5.97. The summed E-state index contributed by atoms with van der Waals surface area (Å²) in [5, 5.41) is 2.88. The van der Waals surface area contributed by atoms with Crippen LogP contribution in [0, 0.1) is 17.8 Å². The number of fused-ring (bicyclic) bond motifs is 1. The minimum Gasteiger partial charge on any atom is -0.483 e. The number of hydrogen-bond donors (Lipinski definition) is 1. The Balaban J connectivity index is 1.35. The van der Waals surface area contributed by atoms with Crippen molar-refractivity contribution in [2.75, 3.05) is 13.2 Å². The summed E-state index contributed by atoms with van der Waals surface area (Å²) in [6.07, 6.45) is 9.09. The topological polar surface area (TPSA) is 47.6 Å². The number of carbonyl (C=O) groups is 1. The highest BCUT2D eigenvalue weighted by molar-refractivity contribution is 5.76. The highest BCUT2D eigenvalue weighted by Gasteiger charge is 2.32.